The molecule has 1 aromatic rings. The normalized spacial score (nSPS) is 18.9. The van der Waals surface area contributed by atoms with Crippen molar-refractivity contribution in [2.24, 2.45) is 0 Å². The molecule has 0 saturated carbocycles. The van der Waals surface area contributed by atoms with Gasteiger partial charge in [-0.2, -0.15) is 0 Å². The molecule has 1 fully saturated rings. The molecule has 108 valence electrons. The van der Waals surface area contributed by atoms with Gasteiger partial charge in [-0.15, -0.1) is 0 Å². The fourth-order valence-corrected chi connectivity index (χ4v) is 2.34. The lowest BCUT2D eigenvalue weighted by Crippen LogP contribution is -2.39. The summed E-state index contributed by atoms with van der Waals surface area (Å²) in [5.74, 6) is -0.486. The third kappa shape index (κ3) is 3.42. The third-order valence-corrected chi connectivity index (χ3v) is 3.41. The highest BCUT2D eigenvalue weighted by Crippen LogP contribution is 2.13. The van der Waals surface area contributed by atoms with Gasteiger partial charge in [0.25, 0.3) is 0 Å². The first-order chi connectivity index (χ1) is 9.61. The second kappa shape index (κ2) is 6.61. The van der Waals surface area contributed by atoms with Gasteiger partial charge in [-0.05, 0) is 37.1 Å². The van der Waals surface area contributed by atoms with Crippen LogP contribution in [0.1, 0.15) is 25.3 Å². The van der Waals surface area contributed by atoms with Crippen LogP contribution in [0.2, 0.25) is 0 Å². The Labute approximate surface area is 118 Å². The summed E-state index contributed by atoms with van der Waals surface area (Å²) in [4.78, 5) is 25.0. The lowest BCUT2D eigenvalue weighted by atomic mass is 10.1. The van der Waals surface area contributed by atoms with Crippen LogP contribution in [0.4, 0.5) is 4.39 Å². The fraction of sp³-hybridized carbons (Fsp3) is 0.467. The highest BCUT2D eigenvalue weighted by molar-refractivity contribution is 6.05. The van der Waals surface area contributed by atoms with E-state index in [-0.39, 0.29) is 24.1 Å². The number of rotatable bonds is 6. The summed E-state index contributed by atoms with van der Waals surface area (Å²) in [6.07, 6.45) is 1.72. The van der Waals surface area contributed by atoms with E-state index in [1.165, 1.54) is 17.0 Å². The molecule has 1 heterocycles. The number of hydrogen-bond donors (Lipinski definition) is 1. The molecule has 1 aliphatic rings. The van der Waals surface area contributed by atoms with Crippen molar-refractivity contribution in [1.82, 2.24) is 10.2 Å². The SMILES string of the molecule is CCCN1C(=O)CC(NCCc2ccc(F)cc2)C1=O. The maximum atomic E-state index is 12.8. The third-order valence-electron chi connectivity index (χ3n) is 3.41. The highest BCUT2D eigenvalue weighted by atomic mass is 19.1. The Balaban J connectivity index is 1.81. The molecule has 1 saturated heterocycles. The summed E-state index contributed by atoms with van der Waals surface area (Å²) in [6.45, 7) is 3.03. The predicted molar refractivity (Wildman–Crippen MR) is 73.5 cm³/mol. The summed E-state index contributed by atoms with van der Waals surface area (Å²) in [7, 11) is 0. The second-order valence-corrected chi connectivity index (χ2v) is 4.97. The standard InChI is InChI=1S/C15H19FN2O2/c1-2-9-18-14(19)10-13(15(18)20)17-8-7-11-3-5-12(16)6-4-11/h3-6,13,17H,2,7-10H2,1H3. The van der Waals surface area contributed by atoms with E-state index in [0.717, 1.165) is 12.0 Å². The molecule has 1 aliphatic heterocycles. The Bertz CT molecular complexity index is 487. The summed E-state index contributed by atoms with van der Waals surface area (Å²) in [6, 6.07) is 5.88. The number of likely N-dealkylation sites (tertiary alicyclic amines) is 1. The van der Waals surface area contributed by atoms with Crippen LogP contribution in [0.3, 0.4) is 0 Å². The zero-order valence-electron chi connectivity index (χ0n) is 11.6. The van der Waals surface area contributed by atoms with Crippen LogP contribution in [-0.2, 0) is 16.0 Å². The minimum absolute atomic E-state index is 0.101. The Morgan fingerprint density at radius 3 is 2.65 bits per heavy atom. The number of halogens is 1. The van der Waals surface area contributed by atoms with Gasteiger partial charge in [0.2, 0.25) is 11.8 Å². The predicted octanol–water partition coefficient (Wildman–Crippen LogP) is 1.50. The zero-order chi connectivity index (χ0) is 14.5. The molecule has 1 unspecified atom stereocenters. The molecule has 4 nitrogen and oxygen atoms in total. The minimum Gasteiger partial charge on any atom is -0.305 e. The molecular formula is C15H19FN2O2. The molecule has 0 radical (unpaired) electrons. The Morgan fingerprint density at radius 1 is 1.30 bits per heavy atom. The van der Waals surface area contributed by atoms with Crippen molar-refractivity contribution in [2.75, 3.05) is 13.1 Å². The van der Waals surface area contributed by atoms with E-state index in [9.17, 15) is 14.0 Å². The summed E-state index contributed by atoms with van der Waals surface area (Å²) in [5.41, 5.74) is 1.00. The Hall–Kier alpha value is -1.75. The van der Waals surface area contributed by atoms with Gasteiger partial charge in [-0.1, -0.05) is 19.1 Å². The van der Waals surface area contributed by atoms with Crippen molar-refractivity contribution >= 4 is 11.8 Å². The molecule has 20 heavy (non-hydrogen) atoms. The first-order valence-electron chi connectivity index (χ1n) is 6.94. The van der Waals surface area contributed by atoms with E-state index in [1.807, 2.05) is 6.92 Å². The molecule has 1 atom stereocenters. The monoisotopic (exact) mass is 278 g/mol. The van der Waals surface area contributed by atoms with Crippen LogP contribution >= 0.6 is 0 Å². The van der Waals surface area contributed by atoms with Gasteiger partial charge < -0.3 is 5.32 Å². The largest absolute Gasteiger partial charge is 0.305 e. The lowest BCUT2D eigenvalue weighted by molar-refractivity contribution is -0.138. The Morgan fingerprint density at radius 2 is 2.00 bits per heavy atom. The maximum Gasteiger partial charge on any atom is 0.246 e. The zero-order valence-corrected chi connectivity index (χ0v) is 11.6. The van der Waals surface area contributed by atoms with E-state index in [4.69, 9.17) is 0 Å². The molecule has 5 heteroatoms. The quantitative estimate of drug-likeness (QED) is 0.802. The number of imide groups is 1. The van der Waals surface area contributed by atoms with Gasteiger partial charge in [0.15, 0.2) is 0 Å². The van der Waals surface area contributed by atoms with Gasteiger partial charge in [0.1, 0.15) is 5.82 Å². The van der Waals surface area contributed by atoms with Crippen molar-refractivity contribution in [3.8, 4) is 0 Å². The van der Waals surface area contributed by atoms with Gasteiger partial charge in [0.05, 0.1) is 12.5 Å². The minimum atomic E-state index is -0.408. The molecular weight excluding hydrogens is 259 g/mol. The molecule has 0 aromatic heterocycles. The summed E-state index contributed by atoms with van der Waals surface area (Å²) < 4.78 is 12.8. The Kier molecular flexibility index (Phi) is 4.84. The topological polar surface area (TPSA) is 49.4 Å². The van der Waals surface area contributed by atoms with Crippen LogP contribution in [0.25, 0.3) is 0 Å². The molecule has 1 N–H and O–H groups in total. The van der Waals surface area contributed by atoms with E-state index in [0.29, 0.717) is 19.5 Å². The van der Waals surface area contributed by atoms with Crippen molar-refractivity contribution < 1.29 is 14.0 Å². The number of benzene rings is 1. The summed E-state index contributed by atoms with van der Waals surface area (Å²) in [5, 5.41) is 3.11. The van der Waals surface area contributed by atoms with Crippen LogP contribution in [-0.4, -0.2) is 35.8 Å². The average molecular weight is 278 g/mol. The molecule has 2 rings (SSSR count). The van der Waals surface area contributed by atoms with Gasteiger partial charge in [0, 0.05) is 6.54 Å². The number of carbonyl (C=O) groups excluding carboxylic acids is 2. The number of hydrogen-bond acceptors (Lipinski definition) is 3. The van der Waals surface area contributed by atoms with Crippen LogP contribution < -0.4 is 5.32 Å². The smallest absolute Gasteiger partial charge is 0.246 e. The van der Waals surface area contributed by atoms with Gasteiger partial charge >= 0.3 is 0 Å². The van der Waals surface area contributed by atoms with Gasteiger partial charge in [-0.3, -0.25) is 14.5 Å². The number of amides is 2. The first-order valence-corrected chi connectivity index (χ1v) is 6.94. The van der Waals surface area contributed by atoms with E-state index >= 15 is 0 Å². The molecule has 0 bridgehead atoms. The van der Waals surface area contributed by atoms with E-state index < -0.39 is 6.04 Å². The van der Waals surface area contributed by atoms with Crippen molar-refractivity contribution in [3.63, 3.8) is 0 Å². The number of carbonyl (C=O) groups is 2. The first kappa shape index (κ1) is 14.7. The average Bonchev–Trinajstić information content (AvgIpc) is 2.69. The molecule has 0 aliphatic carbocycles. The van der Waals surface area contributed by atoms with Crippen LogP contribution in [0, 0.1) is 5.82 Å². The molecule has 2 amide bonds. The van der Waals surface area contributed by atoms with E-state index in [1.54, 1.807) is 12.1 Å². The second-order valence-electron chi connectivity index (χ2n) is 4.97. The van der Waals surface area contributed by atoms with Gasteiger partial charge in [-0.25, -0.2) is 4.39 Å². The summed E-state index contributed by atoms with van der Waals surface area (Å²) >= 11 is 0. The van der Waals surface area contributed by atoms with Crippen molar-refractivity contribution in [3.05, 3.63) is 35.6 Å². The number of nitrogens with zero attached hydrogens (tertiary/aromatic N) is 1. The molecule has 1 aromatic carbocycles. The maximum absolute atomic E-state index is 12.8. The van der Waals surface area contributed by atoms with Crippen LogP contribution in [0.15, 0.2) is 24.3 Å². The highest BCUT2D eigenvalue weighted by Gasteiger charge is 2.37. The molecule has 0 spiro atoms. The van der Waals surface area contributed by atoms with Crippen molar-refractivity contribution in [2.45, 2.75) is 32.2 Å². The van der Waals surface area contributed by atoms with Crippen LogP contribution in [0.5, 0.6) is 0 Å². The lowest BCUT2D eigenvalue weighted by Gasteiger charge is -2.14. The number of nitrogens with one attached hydrogen (secondary N) is 1. The van der Waals surface area contributed by atoms with Crippen molar-refractivity contribution in [1.29, 1.82) is 0 Å². The fourth-order valence-electron chi connectivity index (χ4n) is 2.34. The van der Waals surface area contributed by atoms with E-state index in [2.05, 4.69) is 5.32 Å².